The smallest absolute Gasteiger partial charge is 0.00194 e. The number of aromatic nitrogens is 2. The molecule has 0 saturated carbocycles. The molecule has 0 saturated heterocycles. The number of rotatable bonds is 0. The molecule has 0 atom stereocenters. The van der Waals surface area contributed by atoms with Crippen molar-refractivity contribution in [2.24, 2.45) is 0 Å². The fourth-order valence-electron chi connectivity index (χ4n) is 0.192. The van der Waals surface area contributed by atoms with Gasteiger partial charge in [-0.05, 0) is 0 Å². The van der Waals surface area contributed by atoms with Crippen LogP contribution >= 0.6 is 0 Å². The van der Waals surface area contributed by atoms with Gasteiger partial charge >= 0.3 is 0 Å². The first-order valence-electron chi connectivity index (χ1n) is 1.38. The van der Waals surface area contributed by atoms with Gasteiger partial charge < -0.3 is 10.2 Å². The van der Waals surface area contributed by atoms with E-state index in [0.717, 1.165) is 0 Å². The van der Waals surface area contributed by atoms with Crippen molar-refractivity contribution in [3.63, 3.8) is 0 Å². The van der Waals surface area contributed by atoms with Crippen LogP contribution in [0.2, 0.25) is 0 Å². The molecule has 0 radical (unpaired) electrons. The van der Waals surface area contributed by atoms with E-state index in [-0.39, 0.29) is 16.5 Å². The second-order valence-electron chi connectivity index (χ2n) is 0.722. The third-order valence-corrected chi connectivity index (χ3v) is 0.372. The van der Waals surface area contributed by atoms with E-state index in [1.165, 1.54) is 0 Å². The van der Waals surface area contributed by atoms with Gasteiger partial charge in [0.15, 0.2) is 0 Å². The van der Waals surface area contributed by atoms with Gasteiger partial charge in [-0.25, -0.2) is 0 Å². The Morgan fingerprint density at radius 1 is 1.50 bits per heavy atom. The second-order valence-corrected chi connectivity index (χ2v) is 0.722. The van der Waals surface area contributed by atoms with Crippen LogP contribution in [-0.4, -0.2) is 5.10 Å². The zero-order valence-electron chi connectivity index (χ0n) is 2.94. The van der Waals surface area contributed by atoms with Crippen LogP contribution in [0.4, 0.5) is 0 Å². The minimum absolute atomic E-state index is 0. The molecule has 0 unspecified atom stereocenters. The third kappa shape index (κ3) is 1.22. The standard InChI is InChI=1S/C3H3N2.Ni/c1-2-4-5-3-1;/h1-3H;/q-1;. The summed E-state index contributed by atoms with van der Waals surface area (Å²) in [4.78, 5) is 0. The SMILES string of the molecule is [Ni].c1cn[n-]c1. The summed E-state index contributed by atoms with van der Waals surface area (Å²) in [5.41, 5.74) is 0. The summed E-state index contributed by atoms with van der Waals surface area (Å²) in [6, 6.07) is 1.78. The van der Waals surface area contributed by atoms with Crippen LogP contribution in [0, 0.1) is 0 Å². The molecular formula is C3H3N2Ni-. The molecule has 0 spiro atoms. The zero-order chi connectivity index (χ0) is 3.54. The monoisotopic (exact) mass is 125 g/mol. The van der Waals surface area contributed by atoms with Crippen molar-refractivity contribution in [2.75, 3.05) is 0 Å². The van der Waals surface area contributed by atoms with Gasteiger partial charge in [-0.2, -0.15) is 6.20 Å². The minimum atomic E-state index is 0. The van der Waals surface area contributed by atoms with E-state index in [4.69, 9.17) is 0 Å². The predicted octanol–water partition coefficient (Wildman–Crippen LogP) is 0.0363. The summed E-state index contributed by atoms with van der Waals surface area (Å²) in [6.45, 7) is 0. The largest absolute Gasteiger partial charge is 0.582 e. The van der Waals surface area contributed by atoms with Crippen LogP contribution in [-0.2, 0) is 16.5 Å². The zero-order valence-corrected chi connectivity index (χ0v) is 3.93. The van der Waals surface area contributed by atoms with Gasteiger partial charge in [-0.15, -0.1) is 0 Å². The van der Waals surface area contributed by atoms with Crippen molar-refractivity contribution in [1.29, 1.82) is 0 Å². The van der Waals surface area contributed by atoms with Crippen LogP contribution < -0.4 is 5.10 Å². The molecule has 0 amide bonds. The molecule has 3 heteroatoms. The van der Waals surface area contributed by atoms with Crippen LogP contribution in [0.25, 0.3) is 0 Å². The molecule has 0 aliphatic rings. The van der Waals surface area contributed by atoms with Crippen molar-refractivity contribution in [2.45, 2.75) is 0 Å². The van der Waals surface area contributed by atoms with E-state index in [2.05, 4.69) is 10.2 Å². The molecule has 0 aliphatic carbocycles. The van der Waals surface area contributed by atoms with Gasteiger partial charge in [-0.3, -0.25) is 0 Å². The maximum atomic E-state index is 3.47. The molecule has 0 aromatic carbocycles. The minimum Gasteiger partial charge on any atom is -0.582 e. The van der Waals surface area contributed by atoms with Gasteiger partial charge in [-0.1, -0.05) is 6.07 Å². The van der Waals surface area contributed by atoms with Gasteiger partial charge in [0.2, 0.25) is 0 Å². The van der Waals surface area contributed by atoms with Crippen molar-refractivity contribution < 1.29 is 16.5 Å². The summed E-state index contributed by atoms with van der Waals surface area (Å²) < 4.78 is 0. The normalized spacial score (nSPS) is 6.67. The first kappa shape index (κ1) is 5.70. The summed E-state index contributed by atoms with van der Waals surface area (Å²) in [7, 11) is 0. The van der Waals surface area contributed by atoms with E-state index in [1.807, 2.05) is 0 Å². The van der Waals surface area contributed by atoms with Crippen molar-refractivity contribution in [1.82, 2.24) is 10.2 Å². The van der Waals surface area contributed by atoms with Crippen molar-refractivity contribution in [3.8, 4) is 0 Å². The molecule has 1 heterocycles. The van der Waals surface area contributed by atoms with Crippen molar-refractivity contribution >= 4 is 0 Å². The van der Waals surface area contributed by atoms with Gasteiger partial charge in [0.1, 0.15) is 0 Å². The van der Waals surface area contributed by atoms with Gasteiger partial charge in [0, 0.05) is 22.7 Å². The first-order valence-corrected chi connectivity index (χ1v) is 1.38. The van der Waals surface area contributed by atoms with Crippen LogP contribution in [0.3, 0.4) is 0 Å². The van der Waals surface area contributed by atoms with E-state index in [1.54, 1.807) is 18.5 Å². The maximum Gasteiger partial charge on any atom is 0.00194 e. The maximum absolute atomic E-state index is 3.47. The summed E-state index contributed by atoms with van der Waals surface area (Å²) in [5, 5.41) is 6.94. The third-order valence-electron chi connectivity index (χ3n) is 0.372. The van der Waals surface area contributed by atoms with Gasteiger partial charge in [0.05, 0.1) is 0 Å². The summed E-state index contributed by atoms with van der Waals surface area (Å²) in [6.07, 6.45) is 3.28. The molecule has 1 aromatic heterocycles. The molecule has 0 N–H and O–H groups in total. The fraction of sp³-hybridized carbons (Fsp3) is 0. The van der Waals surface area contributed by atoms with E-state index >= 15 is 0 Å². The second kappa shape index (κ2) is 2.92. The van der Waals surface area contributed by atoms with E-state index in [0.29, 0.717) is 0 Å². The predicted molar refractivity (Wildman–Crippen MR) is 17.6 cm³/mol. The molecule has 1 rings (SSSR count). The number of hydrogen-bond acceptors (Lipinski definition) is 1. The molecule has 1 aromatic rings. The van der Waals surface area contributed by atoms with E-state index in [9.17, 15) is 0 Å². The number of hydrogen-bond donors (Lipinski definition) is 0. The van der Waals surface area contributed by atoms with Crippen LogP contribution in [0.5, 0.6) is 0 Å². The summed E-state index contributed by atoms with van der Waals surface area (Å²) >= 11 is 0. The Kier molecular flexibility index (Phi) is 2.77. The molecule has 6 heavy (non-hydrogen) atoms. The Labute approximate surface area is 45.9 Å². The first-order chi connectivity index (χ1) is 2.50. The molecule has 0 aliphatic heterocycles. The molecule has 0 bridgehead atoms. The average molecular weight is 126 g/mol. The van der Waals surface area contributed by atoms with Crippen LogP contribution in [0.15, 0.2) is 18.5 Å². The summed E-state index contributed by atoms with van der Waals surface area (Å²) in [5.74, 6) is 0. The quantitative estimate of drug-likeness (QED) is 0.458. The van der Waals surface area contributed by atoms with Gasteiger partial charge in [0.25, 0.3) is 0 Å². The number of nitrogens with zero attached hydrogens (tertiary/aromatic N) is 2. The van der Waals surface area contributed by atoms with Crippen LogP contribution in [0.1, 0.15) is 0 Å². The van der Waals surface area contributed by atoms with Crippen molar-refractivity contribution in [3.05, 3.63) is 18.5 Å². The Bertz CT molecular complexity index is 65.3. The topological polar surface area (TPSA) is 27.0 Å². The molecule has 0 fully saturated rings. The molecule has 36 valence electrons. The molecule has 2 nitrogen and oxygen atoms in total. The Morgan fingerprint density at radius 2 is 2.33 bits per heavy atom. The fourth-order valence-corrected chi connectivity index (χ4v) is 0.192. The van der Waals surface area contributed by atoms with E-state index < -0.39 is 0 Å². The Hall–Kier alpha value is -0.296. The average Bonchev–Trinajstić information content (AvgIpc) is 1.76. The Balaban J connectivity index is 0.000000250. The Morgan fingerprint density at radius 3 is 2.50 bits per heavy atom. The molecular weight excluding hydrogens is 123 g/mol.